The van der Waals surface area contributed by atoms with Crippen molar-refractivity contribution in [3.8, 4) is 5.75 Å². The first-order valence-electron chi connectivity index (χ1n) is 5.52. The molecule has 0 aliphatic rings. The lowest BCUT2D eigenvalue weighted by atomic mass is 10.2. The number of benzene rings is 1. The Hall–Kier alpha value is -0.550. The average Bonchev–Trinajstić information content (AvgIpc) is 2.18. The van der Waals surface area contributed by atoms with Crippen molar-refractivity contribution in [2.75, 3.05) is 11.8 Å². The molecule has 0 aliphatic heterocycles. The summed E-state index contributed by atoms with van der Waals surface area (Å²) in [5.41, 5.74) is 5.11. The van der Waals surface area contributed by atoms with Gasteiger partial charge in [0.1, 0.15) is 5.75 Å². The Labute approximate surface area is 104 Å². The molecule has 14 heavy (non-hydrogen) atoms. The number of nitrogens with two attached hydrogens (primary N) is 1. The zero-order chi connectivity index (χ0) is 14.1. The van der Waals surface area contributed by atoms with E-state index in [0.717, 1.165) is 0 Å². The smallest absolute Gasteiger partial charge is 0.252 e. The predicted molar refractivity (Wildman–Crippen MR) is 61.9 cm³/mol. The summed E-state index contributed by atoms with van der Waals surface area (Å²) in [7, 11) is 0. The minimum atomic E-state index is -2.66. The number of carbonyl (C=O) groups excluding carboxylic acids is 1. The second-order valence-electron chi connectivity index (χ2n) is 2.30. The van der Waals surface area contributed by atoms with Gasteiger partial charge in [-0.2, -0.15) is 0 Å². The standard InChI is InChI=1S/C9H9Br2NO2/c10-3-4-14-8-2-1-6(11)5-7(8)9(12)13/h1-2,5H,3-4H2,(H2,12,13)/i3D2,4D2. The molecule has 2 N–H and O–H groups in total. The van der Waals surface area contributed by atoms with Crippen molar-refractivity contribution in [1.29, 1.82) is 0 Å². The van der Waals surface area contributed by atoms with E-state index in [2.05, 4.69) is 31.9 Å². The number of amides is 1. The molecule has 1 rings (SSSR count). The number of alkyl halides is 1. The zero-order valence-electron chi connectivity index (χ0n) is 10.9. The van der Waals surface area contributed by atoms with Crippen LogP contribution in [-0.2, 0) is 0 Å². The van der Waals surface area contributed by atoms with Crippen molar-refractivity contribution in [3.05, 3.63) is 28.2 Å². The van der Waals surface area contributed by atoms with Crippen LogP contribution in [0, 0.1) is 0 Å². The van der Waals surface area contributed by atoms with Crippen molar-refractivity contribution in [1.82, 2.24) is 0 Å². The van der Waals surface area contributed by atoms with Gasteiger partial charge in [0.2, 0.25) is 0 Å². The highest BCUT2D eigenvalue weighted by Gasteiger charge is 2.09. The normalized spacial score (nSPS) is 16.1. The van der Waals surface area contributed by atoms with Crippen LogP contribution in [0.25, 0.3) is 0 Å². The van der Waals surface area contributed by atoms with Crippen molar-refractivity contribution in [3.63, 3.8) is 0 Å². The summed E-state index contributed by atoms with van der Waals surface area (Å²) in [6.45, 7) is -2.66. The number of carbonyl (C=O) groups is 1. The van der Waals surface area contributed by atoms with E-state index < -0.39 is 17.7 Å². The Bertz CT molecular complexity index is 476. The first kappa shape index (κ1) is 6.85. The first-order valence-corrected chi connectivity index (χ1v) is 5.10. The maximum atomic E-state index is 11.2. The van der Waals surface area contributed by atoms with Gasteiger partial charge in [-0.3, -0.25) is 4.79 Å². The summed E-state index contributed by atoms with van der Waals surface area (Å²) in [6, 6.07) is 4.24. The minimum absolute atomic E-state index is 0.0370. The Balaban J connectivity index is 3.16. The van der Waals surface area contributed by atoms with Crippen LogP contribution in [0.3, 0.4) is 0 Å². The number of halogens is 2. The Kier molecular flexibility index (Phi) is 2.62. The van der Waals surface area contributed by atoms with Crippen LogP contribution >= 0.6 is 31.9 Å². The summed E-state index contributed by atoms with van der Waals surface area (Å²) in [5.74, 6) is -0.920. The van der Waals surface area contributed by atoms with Crippen molar-refractivity contribution in [2.24, 2.45) is 5.73 Å². The monoisotopic (exact) mass is 325 g/mol. The second kappa shape index (κ2) is 5.36. The van der Waals surface area contributed by atoms with Crippen LogP contribution in [0.5, 0.6) is 5.75 Å². The van der Waals surface area contributed by atoms with E-state index in [4.69, 9.17) is 16.0 Å². The maximum Gasteiger partial charge on any atom is 0.252 e. The lowest BCUT2D eigenvalue weighted by Gasteiger charge is -2.08. The largest absolute Gasteiger partial charge is 0.492 e. The molecule has 0 fully saturated rings. The van der Waals surface area contributed by atoms with Gasteiger partial charge in [-0.05, 0) is 18.2 Å². The van der Waals surface area contributed by atoms with Gasteiger partial charge >= 0.3 is 0 Å². The Morgan fingerprint density at radius 3 is 2.93 bits per heavy atom. The van der Waals surface area contributed by atoms with E-state index in [9.17, 15) is 4.79 Å². The number of hydrogen-bond donors (Lipinski definition) is 1. The molecule has 0 unspecified atom stereocenters. The van der Waals surface area contributed by atoms with Crippen LogP contribution < -0.4 is 10.5 Å². The Morgan fingerprint density at radius 1 is 1.64 bits per heavy atom. The third-order valence-corrected chi connectivity index (χ3v) is 2.06. The lowest BCUT2D eigenvalue weighted by Crippen LogP contribution is -2.13. The maximum absolute atomic E-state index is 11.2. The quantitative estimate of drug-likeness (QED) is 0.863. The molecule has 0 aromatic heterocycles. The molecular weight excluding hydrogens is 314 g/mol. The van der Waals surface area contributed by atoms with Crippen LogP contribution in [0.15, 0.2) is 22.7 Å². The summed E-state index contributed by atoms with van der Waals surface area (Å²) in [5, 5.41) is -2.41. The fourth-order valence-electron chi connectivity index (χ4n) is 0.858. The SMILES string of the molecule is [2H]C([2H])(Br)C([2H])([2H])Oc1ccc(Br)cc1C(N)=O. The molecular formula is C9H9Br2NO2. The molecule has 0 atom stereocenters. The van der Waals surface area contributed by atoms with Crippen LogP contribution in [0.2, 0.25) is 0 Å². The van der Waals surface area contributed by atoms with E-state index in [-0.39, 0.29) is 11.3 Å². The van der Waals surface area contributed by atoms with Gasteiger partial charge in [0.15, 0.2) is 0 Å². The van der Waals surface area contributed by atoms with Gasteiger partial charge in [0.25, 0.3) is 5.91 Å². The van der Waals surface area contributed by atoms with Crippen molar-refractivity contribution in [2.45, 2.75) is 0 Å². The van der Waals surface area contributed by atoms with E-state index in [1.54, 1.807) is 0 Å². The minimum Gasteiger partial charge on any atom is -0.492 e. The van der Waals surface area contributed by atoms with Gasteiger partial charge in [-0.15, -0.1) is 0 Å². The summed E-state index contributed by atoms with van der Waals surface area (Å²) in [4.78, 5) is 11.2. The highest BCUT2D eigenvalue weighted by atomic mass is 79.9. The number of rotatable bonds is 4. The lowest BCUT2D eigenvalue weighted by molar-refractivity contribution is 0.0996. The molecule has 0 saturated carbocycles. The highest BCUT2D eigenvalue weighted by molar-refractivity contribution is 9.10. The van der Waals surface area contributed by atoms with Crippen LogP contribution in [0.4, 0.5) is 0 Å². The summed E-state index contributed by atoms with van der Waals surface area (Å²) < 4.78 is 34.9. The number of ether oxygens (including phenoxy) is 1. The highest BCUT2D eigenvalue weighted by Crippen LogP contribution is 2.22. The molecule has 5 heteroatoms. The molecule has 0 aliphatic carbocycles. The van der Waals surface area contributed by atoms with Gasteiger partial charge in [-0.25, -0.2) is 0 Å². The van der Waals surface area contributed by atoms with Crippen molar-refractivity contribution < 1.29 is 15.0 Å². The molecule has 1 aromatic rings. The van der Waals surface area contributed by atoms with E-state index >= 15 is 0 Å². The fraction of sp³-hybridized carbons (Fsp3) is 0.222. The first-order chi connectivity index (χ1) is 8.04. The molecule has 0 saturated heterocycles. The van der Waals surface area contributed by atoms with Crippen molar-refractivity contribution >= 4 is 37.8 Å². The Morgan fingerprint density at radius 2 is 2.36 bits per heavy atom. The summed E-state index contributed by atoms with van der Waals surface area (Å²) >= 11 is 5.68. The molecule has 0 heterocycles. The topological polar surface area (TPSA) is 52.3 Å². The molecule has 0 radical (unpaired) electrons. The van der Waals surface area contributed by atoms with Gasteiger partial charge < -0.3 is 10.5 Å². The molecule has 0 bridgehead atoms. The van der Waals surface area contributed by atoms with E-state index in [1.165, 1.54) is 18.2 Å². The third kappa shape index (κ3) is 2.99. The van der Waals surface area contributed by atoms with Gasteiger partial charge in [0.05, 0.1) is 14.9 Å². The van der Waals surface area contributed by atoms with E-state index in [0.29, 0.717) is 4.47 Å². The number of primary amides is 1. The molecule has 1 aromatic carbocycles. The zero-order valence-corrected chi connectivity index (χ0v) is 10.1. The van der Waals surface area contributed by atoms with Gasteiger partial charge in [-0.1, -0.05) is 31.9 Å². The molecule has 0 spiro atoms. The van der Waals surface area contributed by atoms with Crippen LogP contribution in [-0.4, -0.2) is 17.7 Å². The number of hydrogen-bond acceptors (Lipinski definition) is 2. The average molecular weight is 327 g/mol. The fourth-order valence-corrected chi connectivity index (χ4v) is 1.30. The predicted octanol–water partition coefficient (Wildman–Crippen LogP) is 2.32. The molecule has 3 nitrogen and oxygen atoms in total. The van der Waals surface area contributed by atoms with Gasteiger partial charge in [0, 0.05) is 12.5 Å². The molecule has 1 amide bonds. The summed E-state index contributed by atoms with van der Waals surface area (Å²) in [6.07, 6.45) is 0. The second-order valence-corrected chi connectivity index (χ2v) is 3.62. The molecule has 76 valence electrons. The third-order valence-electron chi connectivity index (χ3n) is 1.41. The van der Waals surface area contributed by atoms with E-state index in [1.807, 2.05) is 0 Å². The van der Waals surface area contributed by atoms with Crippen LogP contribution in [0.1, 0.15) is 15.8 Å².